The van der Waals surface area contributed by atoms with E-state index in [4.69, 9.17) is 0 Å². The number of H-pyrrole nitrogens is 1. The second-order valence-corrected chi connectivity index (χ2v) is 6.57. The van der Waals surface area contributed by atoms with Crippen LogP contribution in [0, 0.1) is 5.41 Å². The summed E-state index contributed by atoms with van der Waals surface area (Å²) in [6.07, 6.45) is 4.26. The molecule has 0 atom stereocenters. The third-order valence-electron chi connectivity index (χ3n) is 2.48. The molecule has 0 aromatic carbocycles. The summed E-state index contributed by atoms with van der Waals surface area (Å²) >= 11 is 0. The van der Waals surface area contributed by atoms with Crippen LogP contribution in [0.3, 0.4) is 0 Å². The summed E-state index contributed by atoms with van der Waals surface area (Å²) in [6, 6.07) is 0. The maximum Gasteiger partial charge on any atom is 0.111 e. The molecule has 1 aromatic rings. The van der Waals surface area contributed by atoms with Gasteiger partial charge in [0.15, 0.2) is 0 Å². The third kappa shape index (κ3) is 4.06. The first kappa shape index (κ1) is 12.3. The van der Waals surface area contributed by atoms with Gasteiger partial charge >= 0.3 is 0 Å². The molecule has 0 aliphatic carbocycles. The van der Waals surface area contributed by atoms with Gasteiger partial charge in [0.2, 0.25) is 0 Å². The Balaban J connectivity index is 2.62. The van der Waals surface area contributed by atoms with E-state index < -0.39 is 0 Å². The first-order chi connectivity index (χ1) is 6.68. The molecule has 15 heavy (non-hydrogen) atoms. The Morgan fingerprint density at radius 1 is 1.13 bits per heavy atom. The summed E-state index contributed by atoms with van der Waals surface area (Å²) < 4.78 is 0. The molecule has 1 rings (SSSR count). The van der Waals surface area contributed by atoms with Crippen molar-refractivity contribution in [3.05, 3.63) is 17.7 Å². The van der Waals surface area contributed by atoms with E-state index in [-0.39, 0.29) is 5.41 Å². The van der Waals surface area contributed by atoms with Crippen molar-refractivity contribution < 1.29 is 0 Å². The minimum absolute atomic E-state index is 0.125. The van der Waals surface area contributed by atoms with Crippen molar-refractivity contribution in [2.75, 3.05) is 0 Å². The Labute approximate surface area is 93.5 Å². The zero-order valence-corrected chi connectivity index (χ0v) is 10.9. The number of hydrogen-bond acceptors (Lipinski definition) is 1. The molecular weight excluding hydrogens is 184 g/mol. The summed E-state index contributed by atoms with van der Waals surface area (Å²) in [5, 5.41) is 0. The fraction of sp³-hybridized carbons (Fsp3) is 0.769. The number of hydrogen-bond donors (Lipinski definition) is 1. The number of aromatic nitrogens is 2. The van der Waals surface area contributed by atoms with Crippen molar-refractivity contribution in [1.29, 1.82) is 0 Å². The fourth-order valence-electron chi connectivity index (χ4n) is 1.38. The predicted octanol–water partition coefficient (Wildman–Crippen LogP) is 3.69. The molecule has 86 valence electrons. The molecule has 0 radical (unpaired) electrons. The number of nitrogens with zero attached hydrogens (tertiary/aromatic N) is 1. The zero-order valence-electron chi connectivity index (χ0n) is 10.9. The second kappa shape index (κ2) is 3.99. The summed E-state index contributed by atoms with van der Waals surface area (Å²) in [4.78, 5) is 7.85. The summed E-state index contributed by atoms with van der Waals surface area (Å²) in [7, 11) is 0. The van der Waals surface area contributed by atoms with Crippen LogP contribution in [-0.2, 0) is 11.8 Å². The van der Waals surface area contributed by atoms with E-state index in [2.05, 4.69) is 51.5 Å². The molecule has 0 bridgehead atoms. The standard InChI is InChI=1S/C13H24N2/c1-12(2,3)8-7-10-9-14-11(15-10)13(4,5)6/h9H,7-8H2,1-6H3,(H,14,15). The van der Waals surface area contributed by atoms with Crippen molar-refractivity contribution >= 4 is 0 Å². The molecule has 0 aliphatic heterocycles. The lowest BCUT2D eigenvalue weighted by Crippen LogP contribution is -2.13. The summed E-state index contributed by atoms with van der Waals surface area (Å²) in [5.74, 6) is 1.09. The minimum Gasteiger partial charge on any atom is -0.345 e. The fourth-order valence-corrected chi connectivity index (χ4v) is 1.38. The highest BCUT2D eigenvalue weighted by Gasteiger charge is 2.18. The summed E-state index contributed by atoms with van der Waals surface area (Å²) in [6.45, 7) is 13.4. The highest BCUT2D eigenvalue weighted by Crippen LogP contribution is 2.23. The van der Waals surface area contributed by atoms with Crippen LogP contribution in [0.2, 0.25) is 0 Å². The number of aromatic amines is 1. The second-order valence-electron chi connectivity index (χ2n) is 6.57. The van der Waals surface area contributed by atoms with Crippen LogP contribution in [-0.4, -0.2) is 9.97 Å². The van der Waals surface area contributed by atoms with E-state index in [9.17, 15) is 0 Å². The number of rotatable bonds is 2. The van der Waals surface area contributed by atoms with Gasteiger partial charge in [-0.15, -0.1) is 0 Å². The van der Waals surface area contributed by atoms with E-state index in [1.807, 2.05) is 6.20 Å². The third-order valence-corrected chi connectivity index (χ3v) is 2.48. The lowest BCUT2D eigenvalue weighted by molar-refractivity contribution is 0.376. The molecule has 0 aliphatic rings. The SMILES string of the molecule is CC(C)(C)CCc1cnc(C(C)(C)C)[nH]1. The molecular formula is C13H24N2. The van der Waals surface area contributed by atoms with Crippen molar-refractivity contribution in [2.24, 2.45) is 5.41 Å². The zero-order chi connectivity index (χ0) is 11.7. The molecule has 0 saturated carbocycles. The number of aryl methyl sites for hydroxylation is 1. The van der Waals surface area contributed by atoms with Gasteiger partial charge in [-0.1, -0.05) is 41.5 Å². The van der Waals surface area contributed by atoms with E-state index in [0.29, 0.717) is 5.41 Å². The lowest BCUT2D eigenvalue weighted by atomic mass is 9.90. The normalized spacial score (nSPS) is 13.2. The first-order valence-corrected chi connectivity index (χ1v) is 5.73. The average Bonchev–Trinajstić information content (AvgIpc) is 2.45. The molecule has 1 heterocycles. The van der Waals surface area contributed by atoms with Crippen molar-refractivity contribution in [1.82, 2.24) is 9.97 Å². The molecule has 0 amide bonds. The van der Waals surface area contributed by atoms with Crippen LogP contribution in [0.4, 0.5) is 0 Å². The highest BCUT2D eigenvalue weighted by atomic mass is 14.9. The van der Waals surface area contributed by atoms with Crippen molar-refractivity contribution in [2.45, 2.75) is 59.8 Å². The molecule has 0 saturated heterocycles. The molecule has 2 heteroatoms. The molecule has 0 unspecified atom stereocenters. The van der Waals surface area contributed by atoms with Crippen molar-refractivity contribution in [3.63, 3.8) is 0 Å². The van der Waals surface area contributed by atoms with Gasteiger partial charge in [-0.05, 0) is 18.3 Å². The van der Waals surface area contributed by atoms with Crippen LogP contribution in [0.1, 0.15) is 59.5 Å². The van der Waals surface area contributed by atoms with Gasteiger partial charge in [0.25, 0.3) is 0 Å². The van der Waals surface area contributed by atoms with Gasteiger partial charge in [0.05, 0.1) is 0 Å². The topological polar surface area (TPSA) is 28.7 Å². The average molecular weight is 208 g/mol. The minimum atomic E-state index is 0.125. The Kier molecular flexibility index (Phi) is 3.27. The maximum absolute atomic E-state index is 4.43. The van der Waals surface area contributed by atoms with Crippen LogP contribution in [0.15, 0.2) is 6.20 Å². The van der Waals surface area contributed by atoms with E-state index in [1.165, 1.54) is 12.1 Å². The number of nitrogens with one attached hydrogen (secondary N) is 1. The van der Waals surface area contributed by atoms with Gasteiger partial charge in [0.1, 0.15) is 5.82 Å². The van der Waals surface area contributed by atoms with Crippen LogP contribution >= 0.6 is 0 Å². The molecule has 0 spiro atoms. The Morgan fingerprint density at radius 3 is 2.13 bits per heavy atom. The van der Waals surface area contributed by atoms with Crippen LogP contribution in [0.25, 0.3) is 0 Å². The van der Waals surface area contributed by atoms with Gasteiger partial charge in [-0.3, -0.25) is 0 Å². The molecule has 1 N–H and O–H groups in total. The van der Waals surface area contributed by atoms with Gasteiger partial charge in [0, 0.05) is 17.3 Å². The largest absolute Gasteiger partial charge is 0.345 e. The van der Waals surface area contributed by atoms with Crippen molar-refractivity contribution in [3.8, 4) is 0 Å². The van der Waals surface area contributed by atoms with Gasteiger partial charge in [-0.25, -0.2) is 4.98 Å². The van der Waals surface area contributed by atoms with E-state index in [1.54, 1.807) is 0 Å². The number of imidazole rings is 1. The van der Waals surface area contributed by atoms with Crippen LogP contribution in [0.5, 0.6) is 0 Å². The Hall–Kier alpha value is -0.790. The lowest BCUT2D eigenvalue weighted by Gasteiger charge is -2.17. The van der Waals surface area contributed by atoms with Crippen LogP contribution < -0.4 is 0 Å². The monoisotopic (exact) mass is 208 g/mol. The maximum atomic E-state index is 4.43. The molecule has 2 nitrogen and oxygen atoms in total. The Bertz CT molecular complexity index is 310. The highest BCUT2D eigenvalue weighted by molar-refractivity contribution is 5.08. The van der Waals surface area contributed by atoms with E-state index in [0.717, 1.165) is 12.2 Å². The Morgan fingerprint density at radius 2 is 1.73 bits per heavy atom. The first-order valence-electron chi connectivity index (χ1n) is 5.73. The quantitative estimate of drug-likeness (QED) is 0.789. The molecule has 1 aromatic heterocycles. The predicted molar refractivity (Wildman–Crippen MR) is 65.1 cm³/mol. The van der Waals surface area contributed by atoms with E-state index >= 15 is 0 Å². The smallest absolute Gasteiger partial charge is 0.111 e. The van der Waals surface area contributed by atoms with Gasteiger partial charge in [-0.2, -0.15) is 0 Å². The summed E-state index contributed by atoms with van der Waals surface area (Å²) in [5.41, 5.74) is 1.78. The van der Waals surface area contributed by atoms with Gasteiger partial charge < -0.3 is 4.98 Å². The molecule has 0 fully saturated rings.